The summed E-state index contributed by atoms with van der Waals surface area (Å²) in [5.74, 6) is -0.294. The van der Waals surface area contributed by atoms with Gasteiger partial charge < -0.3 is 19.5 Å². The van der Waals surface area contributed by atoms with E-state index in [0.29, 0.717) is 18.7 Å². The van der Waals surface area contributed by atoms with Gasteiger partial charge in [-0.05, 0) is 55.9 Å². The molecule has 1 heterocycles. The molecular formula is C21H30N2O4. The third-order valence-corrected chi connectivity index (χ3v) is 5.49. The van der Waals surface area contributed by atoms with Crippen LogP contribution in [0.2, 0.25) is 0 Å². The predicted octanol–water partition coefficient (Wildman–Crippen LogP) is 1.98. The van der Waals surface area contributed by atoms with Gasteiger partial charge in [0.2, 0.25) is 0 Å². The summed E-state index contributed by atoms with van der Waals surface area (Å²) in [4.78, 5) is 14.0. The number of rotatable bonds is 9. The average molecular weight is 374 g/mol. The first-order valence-corrected chi connectivity index (χ1v) is 9.86. The highest BCUT2D eigenvalue weighted by molar-refractivity contribution is 5.96. The molecule has 3 rings (SSSR count). The minimum Gasteiger partial charge on any atom is -0.465 e. The Morgan fingerprint density at radius 3 is 2.59 bits per heavy atom. The molecule has 148 valence electrons. The van der Waals surface area contributed by atoms with E-state index in [1.165, 1.54) is 42.1 Å². The van der Waals surface area contributed by atoms with Crippen molar-refractivity contribution >= 4 is 16.9 Å². The normalized spacial score (nSPS) is 13.9. The fourth-order valence-electron chi connectivity index (χ4n) is 4.21. The number of ether oxygens (including phenoxy) is 1. The second-order valence-corrected chi connectivity index (χ2v) is 7.15. The Balaban J connectivity index is 1.85. The van der Waals surface area contributed by atoms with Crippen molar-refractivity contribution in [3.8, 4) is 0 Å². The van der Waals surface area contributed by atoms with Crippen molar-refractivity contribution in [1.29, 1.82) is 0 Å². The Kier molecular flexibility index (Phi) is 6.88. The number of fused-ring (bicyclic) bond motifs is 3. The maximum absolute atomic E-state index is 11.9. The summed E-state index contributed by atoms with van der Waals surface area (Å²) in [6.07, 6.45) is 5.48. The number of hydrogen-bond acceptors (Lipinski definition) is 5. The van der Waals surface area contributed by atoms with E-state index >= 15 is 0 Å². The molecule has 0 saturated carbocycles. The number of carbonyl (C=O) groups is 1. The van der Waals surface area contributed by atoms with E-state index < -0.39 is 0 Å². The second kappa shape index (κ2) is 9.35. The van der Waals surface area contributed by atoms with Gasteiger partial charge in [0.05, 0.1) is 25.9 Å². The first-order chi connectivity index (χ1) is 13.2. The van der Waals surface area contributed by atoms with Gasteiger partial charge in [-0.15, -0.1) is 0 Å². The SMILES string of the molecule is COC(=O)c1ccc2c(c1)c1c(n2CCCN(CCO)CCO)CCCC1. The van der Waals surface area contributed by atoms with Gasteiger partial charge in [-0.1, -0.05) is 0 Å². The van der Waals surface area contributed by atoms with E-state index in [4.69, 9.17) is 4.74 Å². The number of carbonyl (C=O) groups excluding carboxylic acids is 1. The van der Waals surface area contributed by atoms with Crippen LogP contribution in [0.3, 0.4) is 0 Å². The largest absolute Gasteiger partial charge is 0.465 e. The van der Waals surface area contributed by atoms with Crippen molar-refractivity contribution in [3.63, 3.8) is 0 Å². The molecule has 2 N–H and O–H groups in total. The number of aliphatic hydroxyl groups is 2. The molecule has 6 heteroatoms. The number of methoxy groups -OCH3 is 1. The summed E-state index contributed by atoms with van der Waals surface area (Å²) in [7, 11) is 1.41. The van der Waals surface area contributed by atoms with Crippen molar-refractivity contribution in [2.75, 3.05) is 40.0 Å². The van der Waals surface area contributed by atoms with Crippen molar-refractivity contribution in [2.24, 2.45) is 0 Å². The molecule has 0 aliphatic heterocycles. The molecule has 0 bridgehead atoms. The highest BCUT2D eigenvalue weighted by atomic mass is 16.5. The predicted molar refractivity (Wildman–Crippen MR) is 105 cm³/mol. The standard InChI is InChI=1S/C21H30N2O4/c1-27-21(26)16-7-8-20-18(15-16)17-5-2-3-6-19(17)23(20)10-4-9-22(11-13-24)12-14-25/h7-8,15,24-25H,2-6,9-14H2,1H3. The Hall–Kier alpha value is -1.89. The zero-order chi connectivity index (χ0) is 19.2. The summed E-state index contributed by atoms with van der Waals surface area (Å²) in [6.45, 7) is 3.14. The molecule has 0 saturated heterocycles. The van der Waals surface area contributed by atoms with Gasteiger partial charge in [0.1, 0.15) is 0 Å². The van der Waals surface area contributed by atoms with Crippen LogP contribution in [0.25, 0.3) is 10.9 Å². The van der Waals surface area contributed by atoms with E-state index in [0.717, 1.165) is 32.4 Å². The number of benzene rings is 1. The van der Waals surface area contributed by atoms with Gasteiger partial charge in [-0.25, -0.2) is 4.79 Å². The van der Waals surface area contributed by atoms with E-state index in [-0.39, 0.29) is 19.2 Å². The molecule has 0 atom stereocenters. The van der Waals surface area contributed by atoms with Gasteiger partial charge in [0.15, 0.2) is 0 Å². The Morgan fingerprint density at radius 1 is 1.15 bits per heavy atom. The first-order valence-electron chi connectivity index (χ1n) is 9.86. The molecule has 0 radical (unpaired) electrons. The van der Waals surface area contributed by atoms with Crippen LogP contribution < -0.4 is 0 Å². The van der Waals surface area contributed by atoms with Crippen molar-refractivity contribution in [3.05, 3.63) is 35.0 Å². The maximum Gasteiger partial charge on any atom is 0.337 e. The first kappa shape index (κ1) is 19.9. The van der Waals surface area contributed by atoms with Crippen LogP contribution in [-0.4, -0.2) is 65.6 Å². The van der Waals surface area contributed by atoms with E-state index in [1.54, 1.807) is 0 Å². The lowest BCUT2D eigenvalue weighted by Crippen LogP contribution is -2.31. The highest BCUT2D eigenvalue weighted by Crippen LogP contribution is 2.33. The summed E-state index contributed by atoms with van der Waals surface area (Å²) in [5.41, 5.74) is 4.57. The number of aryl methyl sites for hydroxylation is 2. The van der Waals surface area contributed by atoms with Gasteiger partial charge in [-0.2, -0.15) is 0 Å². The van der Waals surface area contributed by atoms with Crippen LogP contribution in [0.4, 0.5) is 0 Å². The molecule has 2 aromatic rings. The molecule has 27 heavy (non-hydrogen) atoms. The fourth-order valence-corrected chi connectivity index (χ4v) is 4.21. The van der Waals surface area contributed by atoms with Crippen LogP contribution in [0, 0.1) is 0 Å². The second-order valence-electron chi connectivity index (χ2n) is 7.15. The third kappa shape index (κ3) is 4.34. The van der Waals surface area contributed by atoms with Gasteiger partial charge >= 0.3 is 5.97 Å². The van der Waals surface area contributed by atoms with E-state index in [1.807, 2.05) is 18.2 Å². The van der Waals surface area contributed by atoms with Crippen LogP contribution >= 0.6 is 0 Å². The minimum absolute atomic E-state index is 0.109. The highest BCUT2D eigenvalue weighted by Gasteiger charge is 2.21. The summed E-state index contributed by atoms with van der Waals surface area (Å²) in [6, 6.07) is 5.87. The van der Waals surface area contributed by atoms with Crippen LogP contribution in [0.15, 0.2) is 18.2 Å². The molecule has 0 unspecified atom stereocenters. The van der Waals surface area contributed by atoms with Crippen LogP contribution in [0.5, 0.6) is 0 Å². The molecule has 0 spiro atoms. The van der Waals surface area contributed by atoms with E-state index in [9.17, 15) is 15.0 Å². The Labute approximate surface area is 160 Å². The van der Waals surface area contributed by atoms with Gasteiger partial charge in [-0.3, -0.25) is 4.90 Å². The quantitative estimate of drug-likeness (QED) is 0.657. The Morgan fingerprint density at radius 2 is 1.89 bits per heavy atom. The third-order valence-electron chi connectivity index (χ3n) is 5.49. The minimum atomic E-state index is -0.294. The Bertz CT molecular complexity index is 778. The summed E-state index contributed by atoms with van der Waals surface area (Å²) < 4.78 is 7.28. The smallest absolute Gasteiger partial charge is 0.337 e. The maximum atomic E-state index is 11.9. The number of nitrogens with zero attached hydrogens (tertiary/aromatic N) is 2. The van der Waals surface area contributed by atoms with E-state index in [2.05, 4.69) is 9.47 Å². The molecule has 0 amide bonds. The fraction of sp³-hybridized carbons (Fsp3) is 0.571. The number of esters is 1. The average Bonchev–Trinajstić information content (AvgIpc) is 3.01. The molecule has 1 aromatic carbocycles. The van der Waals surface area contributed by atoms with Crippen LogP contribution in [0.1, 0.15) is 40.9 Å². The van der Waals surface area contributed by atoms with Crippen molar-refractivity contribution < 1.29 is 19.7 Å². The lowest BCUT2D eigenvalue weighted by molar-refractivity contribution is 0.0601. The zero-order valence-corrected chi connectivity index (χ0v) is 16.1. The zero-order valence-electron chi connectivity index (χ0n) is 16.1. The van der Waals surface area contributed by atoms with Gasteiger partial charge in [0.25, 0.3) is 0 Å². The molecule has 1 aromatic heterocycles. The summed E-state index contributed by atoms with van der Waals surface area (Å²) >= 11 is 0. The van der Waals surface area contributed by atoms with Crippen LogP contribution in [-0.2, 0) is 24.1 Å². The van der Waals surface area contributed by atoms with Gasteiger partial charge in [0, 0.05) is 42.8 Å². The molecule has 0 fully saturated rings. The molecule has 1 aliphatic rings. The topological polar surface area (TPSA) is 74.9 Å². The lowest BCUT2D eigenvalue weighted by Gasteiger charge is -2.21. The molecule has 1 aliphatic carbocycles. The number of aliphatic hydroxyl groups excluding tert-OH is 2. The molecule has 6 nitrogen and oxygen atoms in total. The van der Waals surface area contributed by atoms with Crippen molar-refractivity contribution in [1.82, 2.24) is 9.47 Å². The lowest BCUT2D eigenvalue weighted by atomic mass is 9.95. The molecular weight excluding hydrogens is 344 g/mol. The summed E-state index contributed by atoms with van der Waals surface area (Å²) in [5, 5.41) is 19.5. The number of hydrogen-bond donors (Lipinski definition) is 2. The monoisotopic (exact) mass is 374 g/mol. The number of aromatic nitrogens is 1. The van der Waals surface area contributed by atoms with Crippen molar-refractivity contribution in [2.45, 2.75) is 38.6 Å².